The SMILES string of the molecule is CC(C)CC1(CNC2CCN(C(=O)OC(C)(C)C)C2)CCCC1. The van der Waals surface area contributed by atoms with Crippen LogP contribution in [0.1, 0.15) is 73.1 Å². The third kappa shape index (κ3) is 5.66. The molecule has 1 heterocycles. The standard InChI is InChI=1S/C19H36N2O2/c1-15(2)12-19(9-6-7-10-19)14-20-16-8-11-21(13-16)17(22)23-18(3,4)5/h15-16,20H,6-14H2,1-5H3. The third-order valence-electron chi connectivity index (χ3n) is 5.11. The monoisotopic (exact) mass is 324 g/mol. The Hall–Kier alpha value is -0.770. The molecule has 1 amide bonds. The van der Waals surface area contributed by atoms with Crippen LogP contribution in [0.2, 0.25) is 0 Å². The van der Waals surface area contributed by atoms with Gasteiger partial charge in [0.2, 0.25) is 0 Å². The van der Waals surface area contributed by atoms with Gasteiger partial charge in [0, 0.05) is 25.7 Å². The fourth-order valence-corrected chi connectivity index (χ4v) is 4.22. The zero-order valence-electron chi connectivity index (χ0n) is 15.8. The summed E-state index contributed by atoms with van der Waals surface area (Å²) in [5, 5.41) is 3.77. The van der Waals surface area contributed by atoms with Crippen molar-refractivity contribution in [3.8, 4) is 0 Å². The van der Waals surface area contributed by atoms with Crippen LogP contribution in [0, 0.1) is 11.3 Å². The second kappa shape index (κ2) is 7.42. The molecule has 2 aliphatic rings. The first-order chi connectivity index (χ1) is 10.7. The van der Waals surface area contributed by atoms with E-state index in [1.807, 2.05) is 25.7 Å². The molecule has 4 nitrogen and oxygen atoms in total. The number of hydrogen-bond acceptors (Lipinski definition) is 3. The van der Waals surface area contributed by atoms with Crippen LogP contribution in [-0.2, 0) is 4.74 Å². The summed E-state index contributed by atoms with van der Waals surface area (Å²) < 4.78 is 5.48. The highest BCUT2D eigenvalue weighted by molar-refractivity contribution is 5.68. The lowest BCUT2D eigenvalue weighted by molar-refractivity contribution is 0.0290. The second-order valence-corrected chi connectivity index (χ2v) is 9.10. The quantitative estimate of drug-likeness (QED) is 0.824. The van der Waals surface area contributed by atoms with Crippen molar-refractivity contribution >= 4 is 6.09 Å². The molecule has 1 N–H and O–H groups in total. The van der Waals surface area contributed by atoms with Crippen molar-refractivity contribution in [2.45, 2.75) is 84.8 Å². The van der Waals surface area contributed by atoms with Crippen LogP contribution >= 0.6 is 0 Å². The summed E-state index contributed by atoms with van der Waals surface area (Å²) >= 11 is 0. The molecular formula is C19H36N2O2. The number of amides is 1. The van der Waals surface area contributed by atoms with E-state index in [9.17, 15) is 4.79 Å². The van der Waals surface area contributed by atoms with Crippen LogP contribution in [0.3, 0.4) is 0 Å². The maximum atomic E-state index is 12.2. The molecule has 2 rings (SSSR count). The van der Waals surface area contributed by atoms with Crippen molar-refractivity contribution < 1.29 is 9.53 Å². The smallest absolute Gasteiger partial charge is 0.410 e. The van der Waals surface area contributed by atoms with Gasteiger partial charge in [-0.25, -0.2) is 4.79 Å². The Balaban J connectivity index is 1.80. The summed E-state index contributed by atoms with van der Waals surface area (Å²) in [6, 6.07) is 0.423. The molecule has 1 unspecified atom stereocenters. The third-order valence-corrected chi connectivity index (χ3v) is 5.11. The van der Waals surface area contributed by atoms with Gasteiger partial charge in [-0.05, 0) is 57.8 Å². The summed E-state index contributed by atoms with van der Waals surface area (Å²) in [6.07, 6.45) is 7.67. The number of carbonyl (C=O) groups is 1. The van der Waals surface area contributed by atoms with Crippen LogP contribution in [-0.4, -0.2) is 42.3 Å². The van der Waals surface area contributed by atoms with Gasteiger partial charge in [0.25, 0.3) is 0 Å². The molecular weight excluding hydrogens is 288 g/mol. The number of likely N-dealkylation sites (tertiary alicyclic amines) is 1. The minimum Gasteiger partial charge on any atom is -0.444 e. The molecule has 4 heteroatoms. The van der Waals surface area contributed by atoms with E-state index in [2.05, 4.69) is 19.2 Å². The fraction of sp³-hybridized carbons (Fsp3) is 0.947. The number of nitrogens with one attached hydrogen (secondary N) is 1. The second-order valence-electron chi connectivity index (χ2n) is 9.10. The summed E-state index contributed by atoms with van der Waals surface area (Å²) in [6.45, 7) is 13.1. The molecule has 134 valence electrons. The van der Waals surface area contributed by atoms with Crippen molar-refractivity contribution in [3.63, 3.8) is 0 Å². The van der Waals surface area contributed by atoms with E-state index < -0.39 is 5.60 Å². The molecule has 1 saturated heterocycles. The molecule has 1 aliphatic heterocycles. The van der Waals surface area contributed by atoms with Gasteiger partial charge in [-0.2, -0.15) is 0 Å². The zero-order chi connectivity index (χ0) is 17.1. The van der Waals surface area contributed by atoms with Crippen LogP contribution in [0.15, 0.2) is 0 Å². The van der Waals surface area contributed by atoms with Crippen molar-refractivity contribution in [1.29, 1.82) is 0 Å². The molecule has 0 aromatic rings. The Labute approximate surface area is 142 Å². The summed E-state index contributed by atoms with van der Waals surface area (Å²) in [4.78, 5) is 14.0. The van der Waals surface area contributed by atoms with E-state index in [0.717, 1.165) is 32.0 Å². The van der Waals surface area contributed by atoms with Crippen molar-refractivity contribution in [2.75, 3.05) is 19.6 Å². The highest BCUT2D eigenvalue weighted by Gasteiger charge is 2.36. The van der Waals surface area contributed by atoms with E-state index in [1.54, 1.807) is 0 Å². The van der Waals surface area contributed by atoms with Gasteiger partial charge in [-0.15, -0.1) is 0 Å². The Bertz CT molecular complexity index is 395. The Morgan fingerprint density at radius 1 is 1.30 bits per heavy atom. The lowest BCUT2D eigenvalue weighted by Gasteiger charge is -2.32. The molecule has 23 heavy (non-hydrogen) atoms. The molecule has 2 fully saturated rings. The number of carbonyl (C=O) groups excluding carboxylic acids is 1. The zero-order valence-corrected chi connectivity index (χ0v) is 15.8. The molecule has 0 spiro atoms. The van der Waals surface area contributed by atoms with E-state index in [4.69, 9.17) is 4.74 Å². The van der Waals surface area contributed by atoms with Crippen molar-refractivity contribution in [3.05, 3.63) is 0 Å². The Kier molecular flexibility index (Phi) is 5.99. The summed E-state index contributed by atoms with van der Waals surface area (Å²) in [5.74, 6) is 0.761. The first-order valence-electron chi connectivity index (χ1n) is 9.40. The van der Waals surface area contributed by atoms with Crippen LogP contribution in [0.5, 0.6) is 0 Å². The number of rotatable bonds is 5. The highest BCUT2D eigenvalue weighted by Crippen LogP contribution is 2.42. The summed E-state index contributed by atoms with van der Waals surface area (Å²) in [5.41, 5.74) is 0.0846. The van der Waals surface area contributed by atoms with E-state index >= 15 is 0 Å². The van der Waals surface area contributed by atoms with Gasteiger partial charge >= 0.3 is 6.09 Å². The number of nitrogens with zero attached hydrogens (tertiary/aromatic N) is 1. The lowest BCUT2D eigenvalue weighted by atomic mass is 9.78. The molecule has 1 aliphatic carbocycles. The normalized spacial score (nSPS) is 24.4. The molecule has 0 bridgehead atoms. The van der Waals surface area contributed by atoms with Gasteiger partial charge in [0.05, 0.1) is 0 Å². The molecule has 1 atom stereocenters. The Morgan fingerprint density at radius 3 is 2.52 bits per heavy atom. The fourth-order valence-electron chi connectivity index (χ4n) is 4.22. The Morgan fingerprint density at radius 2 is 1.96 bits per heavy atom. The minimum atomic E-state index is -0.409. The molecule has 1 saturated carbocycles. The van der Waals surface area contributed by atoms with Crippen LogP contribution in [0.4, 0.5) is 4.79 Å². The minimum absolute atomic E-state index is 0.167. The summed E-state index contributed by atoms with van der Waals surface area (Å²) in [7, 11) is 0. The van der Waals surface area contributed by atoms with Crippen LogP contribution < -0.4 is 5.32 Å². The molecule has 0 aromatic heterocycles. The average molecular weight is 325 g/mol. The van der Waals surface area contributed by atoms with Gasteiger partial charge in [-0.1, -0.05) is 26.7 Å². The number of ether oxygens (including phenoxy) is 1. The predicted octanol–water partition coefficient (Wildman–Crippen LogP) is 4.19. The van der Waals surface area contributed by atoms with Crippen molar-refractivity contribution in [1.82, 2.24) is 10.2 Å². The van der Waals surface area contributed by atoms with Gasteiger partial charge in [0.1, 0.15) is 5.60 Å². The van der Waals surface area contributed by atoms with Gasteiger partial charge in [0.15, 0.2) is 0 Å². The first kappa shape index (κ1) is 18.6. The highest BCUT2D eigenvalue weighted by atomic mass is 16.6. The first-order valence-corrected chi connectivity index (χ1v) is 9.40. The topological polar surface area (TPSA) is 41.6 Å². The van der Waals surface area contributed by atoms with E-state index in [0.29, 0.717) is 11.5 Å². The predicted molar refractivity (Wildman–Crippen MR) is 94.6 cm³/mol. The molecule has 0 aromatic carbocycles. The number of hydrogen-bond donors (Lipinski definition) is 1. The van der Waals surface area contributed by atoms with E-state index in [-0.39, 0.29) is 6.09 Å². The maximum absolute atomic E-state index is 12.2. The van der Waals surface area contributed by atoms with Crippen molar-refractivity contribution in [2.24, 2.45) is 11.3 Å². The molecule has 0 radical (unpaired) electrons. The lowest BCUT2D eigenvalue weighted by Crippen LogP contribution is -2.42. The average Bonchev–Trinajstić information content (AvgIpc) is 3.03. The van der Waals surface area contributed by atoms with Gasteiger partial charge < -0.3 is 15.0 Å². The van der Waals surface area contributed by atoms with E-state index in [1.165, 1.54) is 32.1 Å². The van der Waals surface area contributed by atoms with Crippen LogP contribution in [0.25, 0.3) is 0 Å². The maximum Gasteiger partial charge on any atom is 0.410 e. The van der Waals surface area contributed by atoms with Gasteiger partial charge in [-0.3, -0.25) is 0 Å². The largest absolute Gasteiger partial charge is 0.444 e.